The molecule has 31 heavy (non-hydrogen) atoms. The quantitative estimate of drug-likeness (QED) is 0.357. The molecule has 4 nitrogen and oxygen atoms in total. The van der Waals surface area contributed by atoms with Crippen LogP contribution in [-0.2, 0) is 6.18 Å². The van der Waals surface area contributed by atoms with Crippen molar-refractivity contribution in [1.82, 2.24) is 4.98 Å². The van der Waals surface area contributed by atoms with Crippen LogP contribution in [0, 0.1) is 0 Å². The molecule has 1 N–H and O–H groups in total. The van der Waals surface area contributed by atoms with Crippen LogP contribution in [0.4, 0.5) is 24.7 Å². The van der Waals surface area contributed by atoms with Crippen molar-refractivity contribution in [2.75, 3.05) is 24.3 Å². The average Bonchev–Trinajstić information content (AvgIpc) is 2.74. The van der Waals surface area contributed by atoms with E-state index in [-0.39, 0.29) is 17.3 Å². The SMILES string of the molecule is CN(C)c1cc(C(F)(F)F)cc(-c2ccc(C(=O)C=CNc3ccc(Cl)cc3)cc2)n1. The number of hydrogen-bond donors (Lipinski definition) is 1. The van der Waals surface area contributed by atoms with Crippen molar-refractivity contribution in [3.05, 3.63) is 89.1 Å². The van der Waals surface area contributed by atoms with Gasteiger partial charge in [0.05, 0.1) is 11.3 Å². The zero-order valence-electron chi connectivity index (χ0n) is 16.7. The number of rotatable bonds is 6. The number of carbonyl (C=O) groups is 1. The lowest BCUT2D eigenvalue weighted by Crippen LogP contribution is -2.14. The highest BCUT2D eigenvalue weighted by Gasteiger charge is 2.32. The van der Waals surface area contributed by atoms with Crippen molar-refractivity contribution in [2.24, 2.45) is 0 Å². The molecule has 0 aliphatic heterocycles. The second kappa shape index (κ2) is 9.22. The molecule has 0 atom stereocenters. The van der Waals surface area contributed by atoms with E-state index in [0.29, 0.717) is 16.1 Å². The third-order valence-electron chi connectivity index (χ3n) is 4.39. The summed E-state index contributed by atoms with van der Waals surface area (Å²) in [7, 11) is 3.25. The predicted molar refractivity (Wildman–Crippen MR) is 118 cm³/mol. The lowest BCUT2D eigenvalue weighted by atomic mass is 10.0. The minimum absolute atomic E-state index is 0.178. The Morgan fingerprint density at radius 1 is 1.03 bits per heavy atom. The van der Waals surface area contributed by atoms with E-state index in [9.17, 15) is 18.0 Å². The zero-order chi connectivity index (χ0) is 22.6. The summed E-state index contributed by atoms with van der Waals surface area (Å²) in [6.45, 7) is 0. The molecule has 0 saturated heterocycles. The van der Waals surface area contributed by atoms with Gasteiger partial charge < -0.3 is 10.2 Å². The van der Waals surface area contributed by atoms with E-state index in [2.05, 4.69) is 10.3 Å². The molecule has 0 aliphatic carbocycles. The van der Waals surface area contributed by atoms with Gasteiger partial charge in [-0.1, -0.05) is 35.9 Å². The number of aromatic nitrogens is 1. The molecule has 0 amide bonds. The molecule has 0 bridgehead atoms. The van der Waals surface area contributed by atoms with Crippen LogP contribution in [0.15, 0.2) is 72.9 Å². The maximum absolute atomic E-state index is 13.2. The molecule has 8 heteroatoms. The highest BCUT2D eigenvalue weighted by atomic mass is 35.5. The topological polar surface area (TPSA) is 45.2 Å². The van der Waals surface area contributed by atoms with E-state index in [1.165, 1.54) is 17.2 Å². The molecule has 1 heterocycles. The van der Waals surface area contributed by atoms with Crippen molar-refractivity contribution >= 4 is 28.9 Å². The monoisotopic (exact) mass is 445 g/mol. The Bertz CT molecular complexity index is 1090. The predicted octanol–water partition coefficient (Wildman–Crippen LogP) is 6.30. The van der Waals surface area contributed by atoms with E-state index >= 15 is 0 Å². The molecule has 0 unspecified atom stereocenters. The van der Waals surface area contributed by atoms with Gasteiger partial charge in [-0.25, -0.2) is 4.98 Å². The third-order valence-corrected chi connectivity index (χ3v) is 4.64. The molecule has 2 aromatic carbocycles. The second-order valence-electron chi connectivity index (χ2n) is 6.92. The molecular weight excluding hydrogens is 427 g/mol. The van der Waals surface area contributed by atoms with Gasteiger partial charge in [0.1, 0.15) is 5.82 Å². The van der Waals surface area contributed by atoms with Crippen LogP contribution in [0.3, 0.4) is 0 Å². The van der Waals surface area contributed by atoms with Crippen molar-refractivity contribution in [3.63, 3.8) is 0 Å². The molecule has 0 saturated carbocycles. The number of hydrogen-bond acceptors (Lipinski definition) is 4. The Kier molecular flexibility index (Phi) is 6.65. The first-order valence-corrected chi connectivity index (χ1v) is 9.61. The number of anilines is 2. The molecule has 1 aromatic heterocycles. The first-order valence-electron chi connectivity index (χ1n) is 9.23. The smallest absolute Gasteiger partial charge is 0.363 e. The summed E-state index contributed by atoms with van der Waals surface area (Å²) in [6.07, 6.45) is -1.60. The van der Waals surface area contributed by atoms with E-state index < -0.39 is 11.7 Å². The molecule has 0 radical (unpaired) electrons. The Balaban J connectivity index is 1.78. The number of nitrogens with one attached hydrogen (secondary N) is 1. The highest BCUT2D eigenvalue weighted by Crippen LogP contribution is 2.34. The number of ketones is 1. The third kappa shape index (κ3) is 5.86. The van der Waals surface area contributed by atoms with Crippen molar-refractivity contribution in [3.8, 4) is 11.3 Å². The zero-order valence-corrected chi connectivity index (χ0v) is 17.5. The van der Waals surface area contributed by atoms with Crippen molar-refractivity contribution in [1.29, 1.82) is 0 Å². The standard InChI is InChI=1S/C23H19ClF3N3O/c1-30(2)22-14-17(23(25,26)27)13-20(29-22)15-3-5-16(6-4-15)21(31)11-12-28-19-9-7-18(24)8-10-19/h3-14,28H,1-2H3. The Morgan fingerprint density at radius 3 is 2.26 bits per heavy atom. The molecule has 3 rings (SSSR count). The number of benzene rings is 2. The number of alkyl halides is 3. The van der Waals surface area contributed by atoms with Gasteiger partial charge in [0.2, 0.25) is 0 Å². The van der Waals surface area contributed by atoms with Crippen LogP contribution in [0.2, 0.25) is 5.02 Å². The summed E-state index contributed by atoms with van der Waals surface area (Å²) < 4.78 is 39.7. The van der Waals surface area contributed by atoms with Crippen molar-refractivity contribution < 1.29 is 18.0 Å². The maximum Gasteiger partial charge on any atom is 0.416 e. The lowest BCUT2D eigenvalue weighted by Gasteiger charge is -2.16. The molecule has 3 aromatic rings. The summed E-state index contributed by atoms with van der Waals surface area (Å²) in [5.41, 5.74) is 1.05. The summed E-state index contributed by atoms with van der Waals surface area (Å²) in [6, 6.07) is 15.3. The first-order chi connectivity index (χ1) is 14.6. The number of allylic oxidation sites excluding steroid dienone is 1. The van der Waals surface area contributed by atoms with E-state index in [1.807, 2.05) is 0 Å². The average molecular weight is 446 g/mol. The molecule has 0 aliphatic rings. The minimum Gasteiger partial charge on any atom is -0.363 e. The van der Waals surface area contributed by atoms with Crippen LogP contribution in [0.1, 0.15) is 15.9 Å². The number of halogens is 4. The Hall–Kier alpha value is -3.32. The van der Waals surface area contributed by atoms with Gasteiger partial charge in [-0.05, 0) is 36.4 Å². The molecule has 160 valence electrons. The Morgan fingerprint density at radius 2 is 1.68 bits per heavy atom. The van der Waals surface area contributed by atoms with Gasteiger partial charge in [-0.15, -0.1) is 0 Å². The minimum atomic E-state index is -4.49. The molecular formula is C23H19ClF3N3O. The van der Waals surface area contributed by atoms with Crippen LogP contribution in [0.5, 0.6) is 0 Å². The maximum atomic E-state index is 13.2. The van der Waals surface area contributed by atoms with Crippen LogP contribution in [0.25, 0.3) is 11.3 Å². The van der Waals surface area contributed by atoms with Gasteiger partial charge in [0.15, 0.2) is 5.78 Å². The fraction of sp³-hybridized carbons (Fsp3) is 0.130. The van der Waals surface area contributed by atoms with Gasteiger partial charge in [-0.3, -0.25) is 4.79 Å². The summed E-state index contributed by atoms with van der Waals surface area (Å²) >= 11 is 5.83. The van der Waals surface area contributed by atoms with Gasteiger partial charge >= 0.3 is 6.18 Å². The van der Waals surface area contributed by atoms with E-state index in [1.54, 1.807) is 62.6 Å². The van der Waals surface area contributed by atoms with Gasteiger partial charge in [-0.2, -0.15) is 13.2 Å². The van der Waals surface area contributed by atoms with Gasteiger partial charge in [0, 0.05) is 48.2 Å². The number of nitrogens with zero attached hydrogens (tertiary/aromatic N) is 2. The van der Waals surface area contributed by atoms with Crippen LogP contribution >= 0.6 is 11.6 Å². The summed E-state index contributed by atoms with van der Waals surface area (Å²) in [5, 5.41) is 3.58. The van der Waals surface area contributed by atoms with Crippen LogP contribution < -0.4 is 10.2 Å². The fourth-order valence-corrected chi connectivity index (χ4v) is 2.84. The van der Waals surface area contributed by atoms with Crippen molar-refractivity contribution in [2.45, 2.75) is 6.18 Å². The largest absolute Gasteiger partial charge is 0.416 e. The summed E-state index contributed by atoms with van der Waals surface area (Å²) in [5.74, 6) is -0.0554. The lowest BCUT2D eigenvalue weighted by molar-refractivity contribution is -0.137. The number of pyridine rings is 1. The van der Waals surface area contributed by atoms with Gasteiger partial charge in [0.25, 0.3) is 0 Å². The van der Waals surface area contributed by atoms with E-state index in [4.69, 9.17) is 11.6 Å². The molecule has 0 spiro atoms. The second-order valence-corrected chi connectivity index (χ2v) is 7.35. The fourth-order valence-electron chi connectivity index (χ4n) is 2.72. The van der Waals surface area contributed by atoms with Crippen LogP contribution in [-0.4, -0.2) is 24.9 Å². The first kappa shape index (κ1) is 22.4. The normalized spacial score (nSPS) is 11.5. The summed E-state index contributed by atoms with van der Waals surface area (Å²) in [4.78, 5) is 18.1. The Labute approximate surface area is 183 Å². The number of carbonyl (C=O) groups excluding carboxylic acids is 1. The molecule has 0 fully saturated rings. The highest BCUT2D eigenvalue weighted by molar-refractivity contribution is 6.30. The van der Waals surface area contributed by atoms with E-state index in [0.717, 1.165) is 17.8 Å².